The number of carbonyl (C=O) groups excluding carboxylic acids is 1. The Morgan fingerprint density at radius 1 is 1.27 bits per heavy atom. The highest BCUT2D eigenvalue weighted by Gasteiger charge is 2.25. The maximum Gasteiger partial charge on any atom is 0.414 e. The Hall–Kier alpha value is -2.35. The van der Waals surface area contributed by atoms with Gasteiger partial charge in [-0.3, -0.25) is 4.90 Å². The molecule has 0 radical (unpaired) electrons. The minimum Gasteiger partial charge on any atom is -0.443 e. The van der Waals surface area contributed by atoms with Gasteiger partial charge in [-0.1, -0.05) is 0 Å². The number of fused-ring (bicyclic) bond motifs is 3. The lowest BCUT2D eigenvalue weighted by atomic mass is 10.1. The van der Waals surface area contributed by atoms with Crippen LogP contribution in [-0.2, 0) is 4.74 Å². The molecular weight excluding hydrogens is 355 g/mol. The molecule has 3 rings (SSSR count). The first kappa shape index (κ1) is 18.4. The molecule has 0 aliphatic carbocycles. The van der Waals surface area contributed by atoms with E-state index in [2.05, 4.69) is 27.6 Å². The number of thiol groups is 1. The van der Waals surface area contributed by atoms with Gasteiger partial charge in [-0.2, -0.15) is 0 Å². The van der Waals surface area contributed by atoms with E-state index in [0.717, 1.165) is 0 Å². The number of amides is 1. The third-order valence-corrected chi connectivity index (χ3v) is 4.39. The normalized spacial score (nSPS) is 12.0. The number of ether oxygens (including phenoxy) is 1. The van der Waals surface area contributed by atoms with Crippen molar-refractivity contribution in [1.82, 2.24) is 15.0 Å². The van der Waals surface area contributed by atoms with Crippen LogP contribution in [0.5, 0.6) is 0 Å². The van der Waals surface area contributed by atoms with Gasteiger partial charge in [0.1, 0.15) is 22.9 Å². The highest BCUT2D eigenvalue weighted by molar-refractivity contribution is 7.80. The summed E-state index contributed by atoms with van der Waals surface area (Å²) in [6, 6.07) is 1.26. The molecule has 26 heavy (non-hydrogen) atoms. The Kier molecular flexibility index (Phi) is 4.34. The van der Waals surface area contributed by atoms with Gasteiger partial charge >= 0.3 is 6.09 Å². The minimum atomic E-state index is -0.661. The molecule has 2 heterocycles. The molecule has 0 saturated heterocycles. The number of aromatic amines is 1. The largest absolute Gasteiger partial charge is 0.443 e. The summed E-state index contributed by atoms with van der Waals surface area (Å²) in [5, 5.41) is 1.24. The lowest BCUT2D eigenvalue weighted by Gasteiger charge is -2.25. The van der Waals surface area contributed by atoms with Crippen molar-refractivity contribution in [3.8, 4) is 0 Å². The summed E-state index contributed by atoms with van der Waals surface area (Å²) in [6.45, 7) is 8.94. The number of rotatable bonds is 1. The summed E-state index contributed by atoms with van der Waals surface area (Å²) >= 11 is 4.33. The van der Waals surface area contributed by atoms with Crippen LogP contribution in [0.4, 0.5) is 14.9 Å². The summed E-state index contributed by atoms with van der Waals surface area (Å²) in [5.74, 6) is 0.0666. The Labute approximate surface area is 156 Å². The van der Waals surface area contributed by atoms with Crippen LogP contribution in [0.1, 0.15) is 32.3 Å². The van der Waals surface area contributed by atoms with Crippen LogP contribution < -0.4 is 4.90 Å². The molecule has 3 aromatic rings. The number of nitrogens with one attached hydrogen (secondary N) is 1. The van der Waals surface area contributed by atoms with Gasteiger partial charge in [0.15, 0.2) is 0 Å². The van der Waals surface area contributed by atoms with Gasteiger partial charge in [-0.05, 0) is 34.6 Å². The van der Waals surface area contributed by atoms with E-state index in [4.69, 9.17) is 4.74 Å². The average Bonchev–Trinajstić information content (AvgIpc) is 2.88. The van der Waals surface area contributed by atoms with Crippen molar-refractivity contribution in [2.24, 2.45) is 0 Å². The second-order valence-electron chi connectivity index (χ2n) is 7.22. The minimum absolute atomic E-state index is 0.183. The van der Waals surface area contributed by atoms with Crippen LogP contribution in [0.25, 0.3) is 21.9 Å². The van der Waals surface area contributed by atoms with E-state index in [1.165, 1.54) is 18.0 Å². The van der Waals surface area contributed by atoms with E-state index >= 15 is 0 Å². The van der Waals surface area contributed by atoms with Crippen molar-refractivity contribution >= 4 is 46.3 Å². The monoisotopic (exact) mass is 376 g/mol. The molecule has 0 bridgehead atoms. The van der Waals surface area contributed by atoms with Crippen LogP contribution in [0.15, 0.2) is 11.0 Å². The van der Waals surface area contributed by atoms with Crippen LogP contribution in [0.3, 0.4) is 0 Å². The zero-order valence-electron chi connectivity index (χ0n) is 15.6. The van der Waals surface area contributed by atoms with Gasteiger partial charge in [0.25, 0.3) is 0 Å². The van der Waals surface area contributed by atoms with Crippen LogP contribution in [-0.4, -0.2) is 33.7 Å². The predicted molar refractivity (Wildman–Crippen MR) is 103 cm³/mol. The van der Waals surface area contributed by atoms with E-state index < -0.39 is 17.5 Å². The molecule has 1 aromatic carbocycles. The van der Waals surface area contributed by atoms with E-state index in [1.807, 2.05) is 6.92 Å². The second kappa shape index (κ2) is 6.12. The van der Waals surface area contributed by atoms with Crippen LogP contribution >= 0.6 is 12.6 Å². The molecule has 0 aliphatic heterocycles. The number of hydrogen-bond acceptors (Lipinski definition) is 5. The summed E-state index contributed by atoms with van der Waals surface area (Å²) in [5.41, 5.74) is 1.53. The number of aryl methyl sites for hydroxylation is 2. The second-order valence-corrected chi connectivity index (χ2v) is 7.67. The highest BCUT2D eigenvalue weighted by Crippen LogP contribution is 2.38. The van der Waals surface area contributed by atoms with Crippen molar-refractivity contribution in [3.63, 3.8) is 0 Å². The molecule has 1 N–H and O–H groups in total. The third-order valence-electron chi connectivity index (χ3n) is 3.96. The Morgan fingerprint density at radius 3 is 2.54 bits per heavy atom. The Morgan fingerprint density at radius 2 is 1.92 bits per heavy atom. The lowest BCUT2D eigenvalue weighted by molar-refractivity contribution is 0.0589. The van der Waals surface area contributed by atoms with E-state index in [9.17, 15) is 9.18 Å². The molecule has 138 valence electrons. The molecule has 0 saturated carbocycles. The lowest BCUT2D eigenvalue weighted by Crippen LogP contribution is -2.34. The van der Waals surface area contributed by atoms with Crippen molar-refractivity contribution in [3.05, 3.63) is 23.4 Å². The highest BCUT2D eigenvalue weighted by atomic mass is 32.1. The first-order valence-corrected chi connectivity index (χ1v) is 8.59. The SMILES string of the molecule is Cc1nc(C)c2c(n1)[nH]c1c(N(C)C(=O)OC(C)(C)C)cc(F)c(S)c12. The maximum absolute atomic E-state index is 14.6. The van der Waals surface area contributed by atoms with E-state index in [-0.39, 0.29) is 4.90 Å². The van der Waals surface area contributed by atoms with Gasteiger partial charge in [0.2, 0.25) is 0 Å². The van der Waals surface area contributed by atoms with Crippen molar-refractivity contribution < 1.29 is 13.9 Å². The quantitative estimate of drug-likeness (QED) is 0.612. The fourth-order valence-electron chi connectivity index (χ4n) is 2.91. The summed E-state index contributed by atoms with van der Waals surface area (Å²) in [7, 11) is 1.54. The average molecular weight is 376 g/mol. The number of aromatic nitrogens is 3. The Bertz CT molecular complexity index is 1040. The number of nitrogens with zero attached hydrogens (tertiary/aromatic N) is 3. The summed E-state index contributed by atoms with van der Waals surface area (Å²) in [4.78, 5) is 25.8. The third kappa shape index (κ3) is 3.09. The molecule has 0 spiro atoms. The summed E-state index contributed by atoms with van der Waals surface area (Å²) < 4.78 is 20.0. The van der Waals surface area contributed by atoms with Gasteiger partial charge in [-0.25, -0.2) is 19.2 Å². The molecule has 0 fully saturated rings. The predicted octanol–water partition coefficient (Wildman–Crippen LogP) is 4.53. The molecule has 8 heteroatoms. The number of carbonyl (C=O) groups is 1. The number of benzene rings is 1. The van der Waals surface area contributed by atoms with E-state index in [0.29, 0.717) is 39.1 Å². The molecule has 0 atom stereocenters. The summed E-state index contributed by atoms with van der Waals surface area (Å²) in [6.07, 6.45) is -0.581. The zero-order valence-corrected chi connectivity index (χ0v) is 16.5. The molecule has 2 aromatic heterocycles. The molecule has 0 unspecified atom stereocenters. The van der Waals surface area contributed by atoms with Gasteiger partial charge in [-0.15, -0.1) is 12.6 Å². The maximum atomic E-state index is 14.6. The molecule has 1 amide bonds. The molecule has 6 nitrogen and oxygen atoms in total. The standard InChI is InChI=1S/C18H21FN4O2S/c1-8-12-13-14(22-16(12)21-9(2)20-8)11(7-10(19)15(13)26)23(6)17(24)25-18(3,4)5/h7,26H,1-6H3,(H,20,21,22). The fraction of sp³-hybridized carbons (Fsp3) is 0.389. The first-order chi connectivity index (χ1) is 12.0. The van der Waals surface area contributed by atoms with E-state index in [1.54, 1.807) is 27.7 Å². The topological polar surface area (TPSA) is 71.1 Å². The smallest absolute Gasteiger partial charge is 0.414 e. The van der Waals surface area contributed by atoms with Gasteiger partial charge in [0, 0.05) is 23.9 Å². The number of H-pyrrole nitrogens is 1. The first-order valence-electron chi connectivity index (χ1n) is 8.14. The molecule has 0 aliphatic rings. The number of anilines is 1. The molecular formula is C18H21FN4O2S. The van der Waals surface area contributed by atoms with Crippen molar-refractivity contribution in [2.75, 3.05) is 11.9 Å². The van der Waals surface area contributed by atoms with Gasteiger partial charge < -0.3 is 9.72 Å². The van der Waals surface area contributed by atoms with Gasteiger partial charge in [0.05, 0.1) is 21.8 Å². The fourth-order valence-corrected chi connectivity index (χ4v) is 3.20. The van der Waals surface area contributed by atoms with Crippen LogP contribution in [0, 0.1) is 19.7 Å². The zero-order chi connectivity index (χ0) is 19.4. The van der Waals surface area contributed by atoms with Crippen molar-refractivity contribution in [1.29, 1.82) is 0 Å². The number of hydrogen-bond donors (Lipinski definition) is 2. The van der Waals surface area contributed by atoms with Crippen molar-refractivity contribution in [2.45, 2.75) is 45.1 Å². The van der Waals surface area contributed by atoms with Crippen LogP contribution in [0.2, 0.25) is 0 Å². The Balaban J connectivity index is 2.29. The number of halogens is 1.